The standard InChI is InChI=1S/C17H23FN2O2/c1-12(2)15(17(22)20-10-4-3-5-11-20)19-16(21)13-6-8-14(18)9-7-13/h6-9,12,15H,3-5,10-11H2,1-2H3,(H,19,21). The molecular formula is C17H23FN2O2. The van der Waals surface area contributed by atoms with E-state index in [0.29, 0.717) is 5.56 Å². The van der Waals surface area contributed by atoms with Crippen LogP contribution in [0.3, 0.4) is 0 Å². The average Bonchev–Trinajstić information content (AvgIpc) is 2.53. The fraction of sp³-hybridized carbons (Fsp3) is 0.529. The lowest BCUT2D eigenvalue weighted by Gasteiger charge is -2.32. The summed E-state index contributed by atoms with van der Waals surface area (Å²) in [5.74, 6) is -0.755. The summed E-state index contributed by atoms with van der Waals surface area (Å²) in [6, 6.07) is 4.79. The minimum atomic E-state index is -0.546. The Morgan fingerprint density at radius 2 is 1.68 bits per heavy atom. The van der Waals surface area contributed by atoms with Crippen LogP contribution < -0.4 is 5.32 Å². The molecule has 1 N–H and O–H groups in total. The molecule has 0 aliphatic carbocycles. The van der Waals surface area contributed by atoms with Gasteiger partial charge in [0.1, 0.15) is 11.9 Å². The lowest BCUT2D eigenvalue weighted by molar-refractivity contribution is -0.135. The van der Waals surface area contributed by atoms with Gasteiger partial charge in [0.25, 0.3) is 5.91 Å². The van der Waals surface area contributed by atoms with E-state index < -0.39 is 6.04 Å². The number of nitrogens with zero attached hydrogens (tertiary/aromatic N) is 1. The van der Waals surface area contributed by atoms with E-state index in [9.17, 15) is 14.0 Å². The molecule has 0 bridgehead atoms. The molecule has 1 aromatic carbocycles. The molecule has 0 radical (unpaired) electrons. The molecule has 0 spiro atoms. The molecule has 4 nitrogen and oxygen atoms in total. The van der Waals surface area contributed by atoms with Crippen LogP contribution in [0.1, 0.15) is 43.5 Å². The molecule has 2 amide bonds. The maximum atomic E-state index is 12.9. The smallest absolute Gasteiger partial charge is 0.251 e. The van der Waals surface area contributed by atoms with Gasteiger partial charge in [-0.05, 0) is 49.4 Å². The molecule has 1 aliphatic heterocycles. The SMILES string of the molecule is CC(C)C(NC(=O)c1ccc(F)cc1)C(=O)N1CCCCC1. The number of benzene rings is 1. The van der Waals surface area contributed by atoms with Gasteiger partial charge in [-0.1, -0.05) is 13.8 Å². The lowest BCUT2D eigenvalue weighted by atomic mass is 10.0. The van der Waals surface area contributed by atoms with Crippen LogP contribution in [0.5, 0.6) is 0 Å². The van der Waals surface area contributed by atoms with Gasteiger partial charge in [0, 0.05) is 18.7 Å². The van der Waals surface area contributed by atoms with Gasteiger partial charge in [0.15, 0.2) is 0 Å². The lowest BCUT2D eigenvalue weighted by Crippen LogP contribution is -2.52. The van der Waals surface area contributed by atoms with Crippen LogP contribution in [0, 0.1) is 11.7 Å². The van der Waals surface area contributed by atoms with Crippen molar-refractivity contribution >= 4 is 11.8 Å². The Hall–Kier alpha value is -1.91. The van der Waals surface area contributed by atoms with Crippen LogP contribution >= 0.6 is 0 Å². The Balaban J connectivity index is 2.06. The minimum absolute atomic E-state index is 0.00109. The molecule has 0 aromatic heterocycles. The van der Waals surface area contributed by atoms with Gasteiger partial charge in [-0.3, -0.25) is 9.59 Å². The average molecular weight is 306 g/mol. The topological polar surface area (TPSA) is 49.4 Å². The maximum Gasteiger partial charge on any atom is 0.251 e. The third-order valence-corrected chi connectivity index (χ3v) is 3.99. The second-order valence-electron chi connectivity index (χ2n) is 6.09. The molecule has 1 saturated heterocycles. The number of amides is 2. The number of carbonyl (C=O) groups is 2. The monoisotopic (exact) mass is 306 g/mol. The van der Waals surface area contributed by atoms with Crippen molar-refractivity contribution < 1.29 is 14.0 Å². The molecule has 1 atom stereocenters. The maximum absolute atomic E-state index is 12.9. The van der Waals surface area contributed by atoms with E-state index in [4.69, 9.17) is 0 Å². The molecule has 0 saturated carbocycles. The molecule has 2 rings (SSSR count). The first-order valence-electron chi connectivity index (χ1n) is 7.84. The van der Waals surface area contributed by atoms with Crippen molar-refractivity contribution in [3.63, 3.8) is 0 Å². The number of hydrogen-bond acceptors (Lipinski definition) is 2. The van der Waals surface area contributed by atoms with Crippen molar-refractivity contribution in [2.75, 3.05) is 13.1 Å². The summed E-state index contributed by atoms with van der Waals surface area (Å²) in [6.45, 7) is 5.35. The molecule has 22 heavy (non-hydrogen) atoms. The van der Waals surface area contributed by atoms with Gasteiger partial charge < -0.3 is 10.2 Å². The molecule has 5 heteroatoms. The largest absolute Gasteiger partial charge is 0.341 e. The fourth-order valence-corrected chi connectivity index (χ4v) is 2.65. The Kier molecular flexibility index (Phi) is 5.52. The van der Waals surface area contributed by atoms with Gasteiger partial charge in [0.05, 0.1) is 0 Å². The first-order chi connectivity index (χ1) is 10.5. The Morgan fingerprint density at radius 3 is 2.23 bits per heavy atom. The van der Waals surface area contributed by atoms with Crippen molar-refractivity contribution in [2.24, 2.45) is 5.92 Å². The van der Waals surface area contributed by atoms with Crippen LogP contribution in [0.2, 0.25) is 0 Å². The van der Waals surface area contributed by atoms with E-state index in [-0.39, 0.29) is 23.5 Å². The summed E-state index contributed by atoms with van der Waals surface area (Å²) in [4.78, 5) is 26.7. The van der Waals surface area contributed by atoms with Crippen LogP contribution in [0.25, 0.3) is 0 Å². The quantitative estimate of drug-likeness (QED) is 0.929. The molecule has 1 fully saturated rings. The molecular weight excluding hydrogens is 283 g/mol. The number of nitrogens with one attached hydrogen (secondary N) is 1. The number of rotatable bonds is 4. The van der Waals surface area contributed by atoms with Crippen LogP contribution in [0.4, 0.5) is 4.39 Å². The summed E-state index contributed by atoms with van der Waals surface area (Å²) in [6.07, 6.45) is 3.18. The Labute approximate surface area is 130 Å². The second kappa shape index (κ2) is 7.38. The summed E-state index contributed by atoms with van der Waals surface area (Å²) in [7, 11) is 0. The molecule has 1 aromatic rings. The van der Waals surface area contributed by atoms with Gasteiger partial charge in [0.2, 0.25) is 5.91 Å². The van der Waals surface area contributed by atoms with E-state index in [2.05, 4.69) is 5.32 Å². The molecule has 1 heterocycles. The molecule has 1 unspecified atom stereocenters. The number of piperidine rings is 1. The van der Waals surface area contributed by atoms with Gasteiger partial charge in [-0.15, -0.1) is 0 Å². The van der Waals surface area contributed by atoms with E-state index in [1.807, 2.05) is 18.7 Å². The van der Waals surface area contributed by atoms with Gasteiger partial charge in [-0.2, -0.15) is 0 Å². The van der Waals surface area contributed by atoms with E-state index in [1.165, 1.54) is 24.3 Å². The highest BCUT2D eigenvalue weighted by Crippen LogP contribution is 2.14. The Morgan fingerprint density at radius 1 is 1.09 bits per heavy atom. The predicted molar refractivity (Wildman–Crippen MR) is 82.9 cm³/mol. The number of halogens is 1. The third kappa shape index (κ3) is 4.06. The highest BCUT2D eigenvalue weighted by atomic mass is 19.1. The normalized spacial score (nSPS) is 16.5. The van der Waals surface area contributed by atoms with Crippen LogP contribution in [-0.2, 0) is 4.79 Å². The number of likely N-dealkylation sites (tertiary alicyclic amines) is 1. The van der Waals surface area contributed by atoms with Crippen molar-refractivity contribution in [3.8, 4) is 0 Å². The first kappa shape index (κ1) is 16.5. The van der Waals surface area contributed by atoms with Crippen molar-refractivity contribution in [3.05, 3.63) is 35.6 Å². The van der Waals surface area contributed by atoms with Crippen molar-refractivity contribution in [1.82, 2.24) is 10.2 Å². The molecule has 1 aliphatic rings. The highest BCUT2D eigenvalue weighted by molar-refractivity contribution is 5.97. The summed E-state index contributed by atoms with van der Waals surface area (Å²) < 4.78 is 12.9. The minimum Gasteiger partial charge on any atom is -0.341 e. The van der Waals surface area contributed by atoms with Crippen molar-refractivity contribution in [2.45, 2.75) is 39.2 Å². The summed E-state index contributed by atoms with van der Waals surface area (Å²) >= 11 is 0. The zero-order valence-electron chi connectivity index (χ0n) is 13.1. The summed E-state index contributed by atoms with van der Waals surface area (Å²) in [5.41, 5.74) is 0.360. The van der Waals surface area contributed by atoms with Crippen LogP contribution in [-0.4, -0.2) is 35.8 Å². The first-order valence-corrected chi connectivity index (χ1v) is 7.84. The van der Waals surface area contributed by atoms with Gasteiger partial charge >= 0.3 is 0 Å². The van der Waals surface area contributed by atoms with Crippen LogP contribution in [0.15, 0.2) is 24.3 Å². The highest BCUT2D eigenvalue weighted by Gasteiger charge is 2.29. The second-order valence-corrected chi connectivity index (χ2v) is 6.09. The number of hydrogen-bond donors (Lipinski definition) is 1. The van der Waals surface area contributed by atoms with Crippen molar-refractivity contribution in [1.29, 1.82) is 0 Å². The van der Waals surface area contributed by atoms with E-state index in [0.717, 1.165) is 32.4 Å². The Bertz CT molecular complexity index is 522. The zero-order chi connectivity index (χ0) is 16.1. The van der Waals surface area contributed by atoms with Gasteiger partial charge in [-0.25, -0.2) is 4.39 Å². The molecule has 120 valence electrons. The fourth-order valence-electron chi connectivity index (χ4n) is 2.65. The van der Waals surface area contributed by atoms with E-state index in [1.54, 1.807) is 0 Å². The third-order valence-electron chi connectivity index (χ3n) is 3.99. The number of carbonyl (C=O) groups excluding carboxylic acids is 2. The predicted octanol–water partition coefficient (Wildman–Crippen LogP) is 2.59. The van der Waals surface area contributed by atoms with E-state index >= 15 is 0 Å². The zero-order valence-corrected chi connectivity index (χ0v) is 13.1. The summed E-state index contributed by atoms with van der Waals surface area (Å²) in [5, 5.41) is 2.80.